The highest BCUT2D eigenvalue weighted by atomic mass is 19.1. The number of halogens is 2. The molecule has 1 unspecified atom stereocenters. The third kappa shape index (κ3) is 3.84. The van der Waals surface area contributed by atoms with Crippen molar-refractivity contribution in [2.45, 2.75) is 18.9 Å². The van der Waals surface area contributed by atoms with Crippen molar-refractivity contribution in [3.05, 3.63) is 71.3 Å². The Balaban J connectivity index is 1.75. The van der Waals surface area contributed by atoms with Crippen LogP contribution < -0.4 is 5.32 Å². The Kier molecular flexibility index (Phi) is 5.07. The van der Waals surface area contributed by atoms with E-state index in [1.54, 1.807) is 18.2 Å². The van der Waals surface area contributed by atoms with E-state index in [0.717, 1.165) is 0 Å². The second-order valence-corrected chi connectivity index (χ2v) is 5.92. The van der Waals surface area contributed by atoms with Crippen LogP contribution >= 0.6 is 0 Å². The highest BCUT2D eigenvalue weighted by molar-refractivity contribution is 5.89. The summed E-state index contributed by atoms with van der Waals surface area (Å²) in [6.45, 7) is 0.728. The van der Waals surface area contributed by atoms with Crippen molar-refractivity contribution in [3.63, 3.8) is 0 Å². The second-order valence-electron chi connectivity index (χ2n) is 5.92. The quantitative estimate of drug-likeness (QED) is 0.927. The van der Waals surface area contributed by atoms with Crippen LogP contribution in [0.3, 0.4) is 0 Å². The topological polar surface area (TPSA) is 49.4 Å². The highest BCUT2D eigenvalue weighted by Crippen LogP contribution is 2.25. The van der Waals surface area contributed by atoms with Gasteiger partial charge in [0.1, 0.15) is 17.7 Å². The van der Waals surface area contributed by atoms with Gasteiger partial charge in [-0.1, -0.05) is 30.3 Å². The van der Waals surface area contributed by atoms with Crippen LogP contribution in [0.25, 0.3) is 0 Å². The van der Waals surface area contributed by atoms with E-state index >= 15 is 0 Å². The average Bonchev–Trinajstić information content (AvgIpc) is 2.61. The Morgan fingerprint density at radius 2 is 1.84 bits per heavy atom. The monoisotopic (exact) mass is 344 g/mol. The summed E-state index contributed by atoms with van der Waals surface area (Å²) in [4.78, 5) is 26.4. The summed E-state index contributed by atoms with van der Waals surface area (Å²) in [5.74, 6) is -1.27. The van der Waals surface area contributed by atoms with Crippen molar-refractivity contribution in [3.8, 4) is 0 Å². The molecule has 1 aliphatic rings. The van der Waals surface area contributed by atoms with Crippen LogP contribution in [0, 0.1) is 11.6 Å². The predicted octanol–water partition coefficient (Wildman–Crippen LogP) is 2.60. The summed E-state index contributed by atoms with van der Waals surface area (Å²) in [6, 6.07) is 11.1. The van der Waals surface area contributed by atoms with Crippen molar-refractivity contribution >= 4 is 11.8 Å². The second kappa shape index (κ2) is 7.42. The van der Waals surface area contributed by atoms with Crippen LogP contribution in [0.2, 0.25) is 0 Å². The van der Waals surface area contributed by atoms with E-state index in [9.17, 15) is 18.4 Å². The molecule has 0 spiro atoms. The van der Waals surface area contributed by atoms with Gasteiger partial charge in [-0.15, -0.1) is 0 Å². The maximum Gasteiger partial charge on any atom is 0.247 e. The maximum absolute atomic E-state index is 13.7. The number of nitrogens with zero attached hydrogens (tertiary/aromatic N) is 1. The lowest BCUT2D eigenvalue weighted by atomic mass is 10.0. The number of hydrogen-bond donors (Lipinski definition) is 1. The number of nitrogens with one attached hydrogen (secondary N) is 1. The van der Waals surface area contributed by atoms with Crippen LogP contribution in [0.4, 0.5) is 8.78 Å². The number of amides is 2. The Bertz CT molecular complexity index is 777. The minimum absolute atomic E-state index is 0.103. The average molecular weight is 344 g/mol. The number of carbonyl (C=O) groups is 2. The van der Waals surface area contributed by atoms with Crippen molar-refractivity contribution in [2.75, 3.05) is 13.1 Å². The number of benzene rings is 2. The minimum atomic E-state index is -0.789. The Labute approximate surface area is 144 Å². The van der Waals surface area contributed by atoms with Gasteiger partial charge in [-0.05, 0) is 35.7 Å². The number of piperazine rings is 1. The van der Waals surface area contributed by atoms with E-state index in [1.165, 1.54) is 35.2 Å². The molecule has 1 fully saturated rings. The van der Waals surface area contributed by atoms with Crippen molar-refractivity contribution in [2.24, 2.45) is 0 Å². The standard InChI is InChI=1S/C19H18F2N2O2/c20-15-8-5-14(6-9-15)18-19(25)22-11-12-23(18)17(24)10-7-13-3-1-2-4-16(13)21/h1-6,8-9,18H,7,10-12H2,(H,22,25). The molecule has 1 saturated heterocycles. The molecule has 0 aliphatic carbocycles. The third-order valence-corrected chi connectivity index (χ3v) is 4.28. The molecule has 25 heavy (non-hydrogen) atoms. The van der Waals surface area contributed by atoms with E-state index in [0.29, 0.717) is 24.2 Å². The summed E-state index contributed by atoms with van der Waals surface area (Å²) in [5.41, 5.74) is 1.02. The molecule has 130 valence electrons. The van der Waals surface area contributed by atoms with Gasteiger partial charge in [-0.2, -0.15) is 0 Å². The van der Waals surface area contributed by atoms with E-state index in [2.05, 4.69) is 5.32 Å². The molecule has 0 radical (unpaired) electrons. The molecule has 0 saturated carbocycles. The fourth-order valence-electron chi connectivity index (χ4n) is 3.00. The fraction of sp³-hybridized carbons (Fsp3) is 0.263. The van der Waals surface area contributed by atoms with E-state index in [4.69, 9.17) is 0 Å². The number of carbonyl (C=O) groups excluding carboxylic acids is 2. The van der Waals surface area contributed by atoms with Crippen LogP contribution in [0.15, 0.2) is 48.5 Å². The van der Waals surface area contributed by atoms with Gasteiger partial charge in [0.25, 0.3) is 0 Å². The molecule has 3 rings (SSSR count). The predicted molar refractivity (Wildman–Crippen MR) is 88.6 cm³/mol. The van der Waals surface area contributed by atoms with Gasteiger partial charge in [-0.25, -0.2) is 8.78 Å². The Morgan fingerprint density at radius 1 is 1.12 bits per heavy atom. The number of rotatable bonds is 4. The van der Waals surface area contributed by atoms with Crippen molar-refractivity contribution in [1.29, 1.82) is 0 Å². The molecule has 1 heterocycles. The fourth-order valence-corrected chi connectivity index (χ4v) is 3.00. The van der Waals surface area contributed by atoms with Crippen LogP contribution in [-0.2, 0) is 16.0 Å². The smallest absolute Gasteiger partial charge is 0.247 e. The lowest BCUT2D eigenvalue weighted by Gasteiger charge is -2.35. The van der Waals surface area contributed by atoms with E-state index in [-0.39, 0.29) is 30.5 Å². The van der Waals surface area contributed by atoms with Crippen LogP contribution in [-0.4, -0.2) is 29.8 Å². The molecule has 1 N–H and O–H groups in total. The summed E-state index contributed by atoms with van der Waals surface area (Å²) in [7, 11) is 0. The summed E-state index contributed by atoms with van der Waals surface area (Å²) in [5, 5.41) is 2.73. The van der Waals surface area contributed by atoms with Gasteiger partial charge in [0.05, 0.1) is 0 Å². The van der Waals surface area contributed by atoms with Gasteiger partial charge in [-0.3, -0.25) is 9.59 Å². The normalized spacial score (nSPS) is 17.3. The van der Waals surface area contributed by atoms with Gasteiger partial charge < -0.3 is 10.2 Å². The van der Waals surface area contributed by atoms with E-state index in [1.807, 2.05) is 0 Å². The van der Waals surface area contributed by atoms with Crippen LogP contribution in [0.1, 0.15) is 23.6 Å². The lowest BCUT2D eigenvalue weighted by molar-refractivity contribution is -0.143. The number of hydrogen-bond acceptors (Lipinski definition) is 2. The van der Waals surface area contributed by atoms with Gasteiger partial charge in [0, 0.05) is 19.5 Å². The lowest BCUT2D eigenvalue weighted by Crippen LogP contribution is -2.52. The molecule has 2 aromatic rings. The third-order valence-electron chi connectivity index (χ3n) is 4.28. The molecule has 0 bridgehead atoms. The molecular formula is C19H18F2N2O2. The van der Waals surface area contributed by atoms with Crippen LogP contribution in [0.5, 0.6) is 0 Å². The van der Waals surface area contributed by atoms with Gasteiger partial charge in [0.15, 0.2) is 0 Å². The SMILES string of the molecule is O=C1NCCN(C(=O)CCc2ccccc2F)C1c1ccc(F)cc1. The van der Waals surface area contributed by atoms with E-state index < -0.39 is 11.9 Å². The molecule has 6 heteroatoms. The minimum Gasteiger partial charge on any atom is -0.352 e. The largest absolute Gasteiger partial charge is 0.352 e. The summed E-state index contributed by atoms with van der Waals surface area (Å²) in [6.07, 6.45) is 0.367. The first-order valence-electron chi connectivity index (χ1n) is 8.12. The number of aryl methyl sites for hydroxylation is 1. The first-order valence-corrected chi connectivity index (χ1v) is 8.12. The summed E-state index contributed by atoms with van der Waals surface area (Å²) >= 11 is 0. The molecule has 2 amide bonds. The first-order chi connectivity index (χ1) is 12.1. The molecule has 0 aromatic heterocycles. The first kappa shape index (κ1) is 17.1. The van der Waals surface area contributed by atoms with Gasteiger partial charge >= 0.3 is 0 Å². The Morgan fingerprint density at radius 3 is 2.56 bits per heavy atom. The zero-order valence-corrected chi connectivity index (χ0v) is 13.5. The summed E-state index contributed by atoms with van der Waals surface area (Å²) < 4.78 is 26.8. The zero-order chi connectivity index (χ0) is 17.8. The van der Waals surface area contributed by atoms with Crippen molar-refractivity contribution in [1.82, 2.24) is 10.2 Å². The maximum atomic E-state index is 13.7. The Hall–Kier alpha value is -2.76. The molecule has 1 atom stereocenters. The molecular weight excluding hydrogens is 326 g/mol. The molecule has 2 aromatic carbocycles. The van der Waals surface area contributed by atoms with Crippen molar-refractivity contribution < 1.29 is 18.4 Å². The zero-order valence-electron chi connectivity index (χ0n) is 13.5. The molecule has 1 aliphatic heterocycles. The highest BCUT2D eigenvalue weighted by Gasteiger charge is 2.34. The van der Waals surface area contributed by atoms with Gasteiger partial charge in [0.2, 0.25) is 11.8 Å². The molecule has 4 nitrogen and oxygen atoms in total.